The van der Waals surface area contributed by atoms with Gasteiger partial charge in [0, 0.05) is 5.56 Å². The number of aromatic nitrogens is 1. The lowest BCUT2D eigenvalue weighted by molar-refractivity contribution is 0.0205. The molecule has 1 saturated heterocycles. The smallest absolute Gasteiger partial charge is 0.410 e. The molecule has 1 aliphatic heterocycles. The maximum absolute atomic E-state index is 13.3. The Morgan fingerprint density at radius 3 is 2.81 bits per heavy atom. The van der Waals surface area contributed by atoms with E-state index in [0.29, 0.717) is 0 Å². The fraction of sp³-hybridized carbons (Fsp3) is 0.571. The summed E-state index contributed by atoms with van der Waals surface area (Å²) in [6, 6.07) is 0.445. The Balaban J connectivity index is 2.28. The number of nitrogens with zero attached hydrogens (tertiary/aromatic N) is 2. The quantitative estimate of drug-likeness (QED) is 0.828. The van der Waals surface area contributed by atoms with E-state index in [2.05, 4.69) is 4.98 Å². The number of likely N-dealkylation sites (tertiary alicyclic amines) is 1. The molecule has 0 spiro atoms. The van der Waals surface area contributed by atoms with E-state index in [1.807, 2.05) is 0 Å². The van der Waals surface area contributed by atoms with Crippen LogP contribution in [0.2, 0.25) is 0 Å². The number of rotatable bonds is 1. The number of halogens is 1. The molecule has 1 unspecified atom stereocenters. The van der Waals surface area contributed by atoms with Gasteiger partial charge < -0.3 is 14.9 Å². The number of pyridine rings is 1. The van der Waals surface area contributed by atoms with Crippen molar-refractivity contribution in [2.45, 2.75) is 44.9 Å². The highest BCUT2D eigenvalue weighted by Gasteiger charge is 2.39. The zero-order chi connectivity index (χ0) is 15.8. The number of hydrogen-bond donors (Lipinski definition) is 2. The molecule has 1 aliphatic rings. The molecule has 116 valence electrons. The number of β-amino-alcohol motifs (C(OH)–C–C–N with tert-alkyl or cyclic N) is 1. The van der Waals surface area contributed by atoms with Gasteiger partial charge in [-0.2, -0.15) is 0 Å². The van der Waals surface area contributed by atoms with Gasteiger partial charge in [0.2, 0.25) is 5.88 Å². The van der Waals surface area contributed by atoms with E-state index >= 15 is 0 Å². The molecular formula is C14H19FN2O4. The molecule has 1 fully saturated rings. The summed E-state index contributed by atoms with van der Waals surface area (Å²) in [6.45, 7) is 5.25. The summed E-state index contributed by atoms with van der Waals surface area (Å²) >= 11 is 0. The van der Waals surface area contributed by atoms with Crippen molar-refractivity contribution in [3.8, 4) is 5.88 Å². The van der Waals surface area contributed by atoms with Crippen LogP contribution >= 0.6 is 0 Å². The summed E-state index contributed by atoms with van der Waals surface area (Å²) < 4.78 is 18.6. The topological polar surface area (TPSA) is 82.9 Å². The van der Waals surface area contributed by atoms with Crippen molar-refractivity contribution in [3.05, 3.63) is 23.6 Å². The van der Waals surface area contributed by atoms with Crippen molar-refractivity contribution >= 4 is 6.09 Å². The molecule has 1 aromatic rings. The molecule has 2 heterocycles. The molecule has 0 bridgehead atoms. The van der Waals surface area contributed by atoms with Crippen LogP contribution in [0.4, 0.5) is 9.18 Å². The monoisotopic (exact) mass is 298 g/mol. The minimum absolute atomic E-state index is 0.0650. The number of aromatic hydroxyl groups is 1. The van der Waals surface area contributed by atoms with Gasteiger partial charge in [-0.15, -0.1) is 0 Å². The van der Waals surface area contributed by atoms with Crippen molar-refractivity contribution in [3.63, 3.8) is 0 Å². The zero-order valence-corrected chi connectivity index (χ0v) is 12.2. The van der Waals surface area contributed by atoms with Gasteiger partial charge >= 0.3 is 6.09 Å². The average Bonchev–Trinajstić information content (AvgIpc) is 2.72. The number of carbonyl (C=O) groups excluding carboxylic acids is 1. The molecule has 2 N–H and O–H groups in total. The van der Waals surface area contributed by atoms with Crippen molar-refractivity contribution in [2.75, 3.05) is 6.54 Å². The molecule has 0 aromatic carbocycles. The fourth-order valence-electron chi connectivity index (χ4n) is 2.32. The third-order valence-corrected chi connectivity index (χ3v) is 3.13. The zero-order valence-electron chi connectivity index (χ0n) is 12.2. The molecule has 0 aliphatic carbocycles. The van der Waals surface area contributed by atoms with E-state index in [-0.39, 0.29) is 24.4 Å². The average molecular weight is 298 g/mol. The Morgan fingerprint density at radius 2 is 2.19 bits per heavy atom. The summed E-state index contributed by atoms with van der Waals surface area (Å²) in [5.41, 5.74) is -0.519. The van der Waals surface area contributed by atoms with E-state index in [9.17, 15) is 19.4 Å². The van der Waals surface area contributed by atoms with Crippen molar-refractivity contribution < 1.29 is 24.1 Å². The van der Waals surface area contributed by atoms with Crippen LogP contribution in [0.15, 0.2) is 12.3 Å². The molecule has 1 aromatic heterocycles. The lowest BCUT2D eigenvalue weighted by atomic mass is 10.1. The lowest BCUT2D eigenvalue weighted by Crippen LogP contribution is -2.37. The second kappa shape index (κ2) is 5.48. The first kappa shape index (κ1) is 15.5. The number of aliphatic hydroxyl groups excluding tert-OH is 1. The Hall–Kier alpha value is -1.89. The van der Waals surface area contributed by atoms with Crippen LogP contribution in [-0.4, -0.2) is 44.4 Å². The largest absolute Gasteiger partial charge is 0.493 e. The second-order valence-corrected chi connectivity index (χ2v) is 6.10. The Kier molecular flexibility index (Phi) is 4.04. The van der Waals surface area contributed by atoms with Crippen LogP contribution in [0.5, 0.6) is 5.88 Å². The van der Waals surface area contributed by atoms with E-state index in [1.165, 1.54) is 4.90 Å². The van der Waals surface area contributed by atoms with Crippen molar-refractivity contribution in [1.29, 1.82) is 0 Å². The molecule has 0 radical (unpaired) electrons. The standard InChI is InChI=1S/C14H19FN2O4/c1-14(2,3)21-13(20)17-7-9(18)5-11(17)10-4-8(15)6-16-12(10)19/h4,6,9,11,18H,5,7H2,1-3H3,(H,16,19)/t9-,11?/m1/s1. The van der Waals surface area contributed by atoms with Crippen LogP contribution < -0.4 is 0 Å². The minimum Gasteiger partial charge on any atom is -0.493 e. The predicted octanol–water partition coefficient (Wildman–Crippen LogP) is 1.97. The predicted molar refractivity (Wildman–Crippen MR) is 72.2 cm³/mol. The summed E-state index contributed by atoms with van der Waals surface area (Å²) in [7, 11) is 0. The van der Waals surface area contributed by atoms with E-state index in [4.69, 9.17) is 4.74 Å². The maximum Gasteiger partial charge on any atom is 0.410 e. The summed E-state index contributed by atoms with van der Waals surface area (Å²) in [5, 5.41) is 19.6. The Labute approximate surface area is 122 Å². The number of amides is 1. The van der Waals surface area contributed by atoms with Crippen LogP contribution in [0, 0.1) is 5.82 Å². The van der Waals surface area contributed by atoms with Gasteiger partial charge in [-0.3, -0.25) is 4.90 Å². The molecule has 2 atom stereocenters. The molecule has 6 nitrogen and oxygen atoms in total. The van der Waals surface area contributed by atoms with Crippen LogP contribution in [0.3, 0.4) is 0 Å². The van der Waals surface area contributed by atoms with Crippen LogP contribution in [-0.2, 0) is 4.74 Å². The molecular weight excluding hydrogens is 279 g/mol. The highest BCUT2D eigenvalue weighted by Crippen LogP contribution is 2.36. The van der Waals surface area contributed by atoms with E-state index in [1.54, 1.807) is 20.8 Å². The number of ether oxygens (including phenoxy) is 1. The summed E-state index contributed by atoms with van der Waals surface area (Å²) in [5.74, 6) is -0.975. The molecule has 2 rings (SSSR count). The minimum atomic E-state index is -0.759. The lowest BCUT2D eigenvalue weighted by Gasteiger charge is -2.28. The number of aliphatic hydroxyl groups is 1. The first-order valence-corrected chi connectivity index (χ1v) is 6.69. The SMILES string of the molecule is CC(C)(C)OC(=O)N1C[C@H](O)CC1c1cc(F)cnc1O. The Morgan fingerprint density at radius 1 is 1.52 bits per heavy atom. The molecule has 0 saturated carbocycles. The normalized spacial score (nSPS) is 22.4. The van der Waals surface area contributed by atoms with Gasteiger partial charge in [-0.05, 0) is 33.3 Å². The first-order chi connectivity index (χ1) is 9.67. The number of carbonyl (C=O) groups is 1. The van der Waals surface area contributed by atoms with Gasteiger partial charge in [0.15, 0.2) is 0 Å². The summed E-state index contributed by atoms with van der Waals surface area (Å²) in [6.07, 6.45) is -0.294. The first-order valence-electron chi connectivity index (χ1n) is 6.69. The van der Waals surface area contributed by atoms with Crippen molar-refractivity contribution in [1.82, 2.24) is 9.88 Å². The highest BCUT2D eigenvalue weighted by atomic mass is 19.1. The van der Waals surface area contributed by atoms with Crippen molar-refractivity contribution in [2.24, 2.45) is 0 Å². The van der Waals surface area contributed by atoms with Gasteiger partial charge in [0.05, 0.1) is 24.9 Å². The van der Waals surface area contributed by atoms with E-state index in [0.717, 1.165) is 12.3 Å². The Bertz CT molecular complexity index is 544. The van der Waals surface area contributed by atoms with Gasteiger partial charge in [-0.1, -0.05) is 0 Å². The second-order valence-electron chi connectivity index (χ2n) is 6.10. The van der Waals surface area contributed by atoms with Crippen LogP contribution in [0.25, 0.3) is 0 Å². The highest BCUT2D eigenvalue weighted by molar-refractivity contribution is 5.69. The van der Waals surface area contributed by atoms with Gasteiger partial charge in [0.1, 0.15) is 11.4 Å². The van der Waals surface area contributed by atoms with Crippen LogP contribution in [0.1, 0.15) is 38.8 Å². The molecule has 21 heavy (non-hydrogen) atoms. The maximum atomic E-state index is 13.3. The summed E-state index contributed by atoms with van der Waals surface area (Å²) in [4.78, 5) is 17.0. The third-order valence-electron chi connectivity index (χ3n) is 3.13. The van der Waals surface area contributed by atoms with Gasteiger partial charge in [0.25, 0.3) is 0 Å². The fourth-order valence-corrected chi connectivity index (χ4v) is 2.32. The van der Waals surface area contributed by atoms with E-state index < -0.39 is 29.7 Å². The number of hydrogen-bond acceptors (Lipinski definition) is 5. The molecule has 1 amide bonds. The molecule has 7 heteroatoms. The third kappa shape index (κ3) is 3.60. The van der Waals surface area contributed by atoms with Gasteiger partial charge in [-0.25, -0.2) is 14.2 Å².